The number of carbonyl (C=O) groups is 2. The molecule has 9 nitrogen and oxygen atoms in total. The van der Waals surface area contributed by atoms with E-state index in [0.29, 0.717) is 0 Å². The number of likely N-dealkylation sites (N-methyl/N-ethyl adjacent to an activating group) is 1. The van der Waals surface area contributed by atoms with Crippen molar-refractivity contribution in [3.05, 3.63) is 5.21 Å². The van der Waals surface area contributed by atoms with E-state index in [1.54, 1.807) is 0 Å². The minimum absolute atomic E-state index is 0.0429. The van der Waals surface area contributed by atoms with Crippen molar-refractivity contribution in [1.82, 2.24) is 5.01 Å². The van der Waals surface area contributed by atoms with Gasteiger partial charge in [-0.05, 0) is 6.92 Å². The average molecular weight is 249 g/mol. The highest BCUT2D eigenvalue weighted by Crippen LogP contribution is 2.00. The van der Waals surface area contributed by atoms with Gasteiger partial charge in [0.15, 0.2) is 6.04 Å². The molecule has 0 aromatic heterocycles. The molecule has 9 heteroatoms. The van der Waals surface area contributed by atoms with E-state index in [2.05, 4.69) is 14.9 Å². The maximum atomic E-state index is 11.2. The molecular formula is C8H15N3O6. The van der Waals surface area contributed by atoms with E-state index < -0.39 is 24.3 Å². The molecule has 0 amide bonds. The molecule has 0 spiro atoms. The van der Waals surface area contributed by atoms with E-state index >= 15 is 0 Å². The minimum atomic E-state index is -1.18. The van der Waals surface area contributed by atoms with Crippen molar-refractivity contribution in [3.8, 4) is 0 Å². The van der Waals surface area contributed by atoms with Crippen LogP contribution in [0.3, 0.4) is 0 Å². The number of esters is 1. The third kappa shape index (κ3) is 5.54. The Morgan fingerprint density at radius 3 is 2.41 bits per heavy atom. The highest BCUT2D eigenvalue weighted by atomic mass is 16.8. The van der Waals surface area contributed by atoms with E-state index in [9.17, 15) is 14.8 Å². The Balaban J connectivity index is 4.34. The first-order chi connectivity index (χ1) is 7.75. The van der Waals surface area contributed by atoms with Crippen LogP contribution in [-0.2, 0) is 19.2 Å². The van der Waals surface area contributed by atoms with Crippen molar-refractivity contribution in [2.45, 2.75) is 33.1 Å². The van der Waals surface area contributed by atoms with Crippen LogP contribution in [-0.4, -0.2) is 46.4 Å². The third-order valence-electron chi connectivity index (χ3n) is 1.79. The van der Waals surface area contributed by atoms with E-state index in [1.807, 2.05) is 0 Å². The van der Waals surface area contributed by atoms with Crippen molar-refractivity contribution in [2.24, 2.45) is 5.28 Å². The first-order valence-corrected chi connectivity index (χ1v) is 4.72. The van der Waals surface area contributed by atoms with Gasteiger partial charge in [-0.25, -0.2) is 4.79 Å². The van der Waals surface area contributed by atoms with Gasteiger partial charge in [-0.2, -0.15) is 0 Å². The summed E-state index contributed by atoms with van der Waals surface area (Å²) in [6.07, 6.45) is -1.03. The first-order valence-electron chi connectivity index (χ1n) is 4.72. The van der Waals surface area contributed by atoms with Gasteiger partial charge >= 0.3 is 11.9 Å². The number of hydrogen-bond acceptors (Lipinski definition) is 6. The molecule has 0 heterocycles. The van der Waals surface area contributed by atoms with Gasteiger partial charge in [-0.1, -0.05) is 0 Å². The van der Waals surface area contributed by atoms with E-state index in [4.69, 9.17) is 5.11 Å². The van der Waals surface area contributed by atoms with Gasteiger partial charge in [-0.3, -0.25) is 9.63 Å². The van der Waals surface area contributed by atoms with Crippen LogP contribution in [0.5, 0.6) is 0 Å². The quantitative estimate of drug-likeness (QED) is 0.233. The van der Waals surface area contributed by atoms with E-state index in [1.165, 1.54) is 27.8 Å². The number of nitrogens with zero attached hydrogens (tertiary/aromatic N) is 3. The number of ether oxygens (including phenoxy) is 1. The molecule has 0 rings (SSSR count). The fourth-order valence-electron chi connectivity index (χ4n) is 0.728. The monoisotopic (exact) mass is 249 g/mol. The first kappa shape index (κ1) is 14.9. The Kier molecular flexibility index (Phi) is 5.72. The Morgan fingerprint density at radius 2 is 2.00 bits per heavy atom. The molecule has 0 aromatic carbocycles. The SMILES string of the molecule is CC(=O)OC(C)ON=[N+]([O-])N(C)[C@@H](C)C(=O)O. The van der Waals surface area contributed by atoms with E-state index in [-0.39, 0.29) is 4.97 Å². The predicted octanol–water partition coefficient (Wildman–Crippen LogP) is 0.109. The molecule has 0 aliphatic rings. The van der Waals surface area contributed by atoms with Gasteiger partial charge in [0.2, 0.25) is 5.28 Å². The van der Waals surface area contributed by atoms with Crippen LogP contribution in [0.4, 0.5) is 0 Å². The fourth-order valence-corrected chi connectivity index (χ4v) is 0.728. The van der Waals surface area contributed by atoms with Gasteiger partial charge in [0.25, 0.3) is 6.29 Å². The number of hydrazine groups is 1. The Labute approximate surface area is 97.7 Å². The van der Waals surface area contributed by atoms with Gasteiger partial charge in [0, 0.05) is 13.8 Å². The van der Waals surface area contributed by atoms with Crippen LogP contribution >= 0.6 is 0 Å². The van der Waals surface area contributed by atoms with Gasteiger partial charge in [-0.15, -0.1) is 5.01 Å². The summed E-state index contributed by atoms with van der Waals surface area (Å²) in [6, 6.07) is -1.07. The summed E-state index contributed by atoms with van der Waals surface area (Å²) in [5.41, 5.74) is 0. The second kappa shape index (κ2) is 6.51. The lowest BCUT2D eigenvalue weighted by Gasteiger charge is -2.17. The van der Waals surface area contributed by atoms with Crippen LogP contribution in [0.1, 0.15) is 20.8 Å². The lowest BCUT2D eigenvalue weighted by atomic mass is 10.3. The fraction of sp³-hybridized carbons (Fsp3) is 0.750. The second-order valence-corrected chi connectivity index (χ2v) is 3.20. The highest BCUT2D eigenvalue weighted by molar-refractivity contribution is 5.72. The number of carboxylic acids is 1. The molecule has 1 unspecified atom stereocenters. The molecule has 0 saturated heterocycles. The lowest BCUT2D eigenvalue weighted by molar-refractivity contribution is -0.711. The molecule has 0 aliphatic carbocycles. The molecule has 0 fully saturated rings. The minimum Gasteiger partial charge on any atom is -0.569 e. The molecular weight excluding hydrogens is 234 g/mol. The summed E-state index contributed by atoms with van der Waals surface area (Å²) < 4.78 is 4.53. The Hall–Kier alpha value is -2.06. The Bertz CT molecular complexity index is 318. The topological polar surface area (TPSA) is 114 Å². The third-order valence-corrected chi connectivity index (χ3v) is 1.79. The summed E-state index contributed by atoms with van der Waals surface area (Å²) >= 11 is 0. The number of rotatable bonds is 6. The van der Waals surface area contributed by atoms with Crippen LogP contribution < -0.4 is 0 Å². The molecule has 1 N–H and O–H groups in total. The molecule has 0 bridgehead atoms. The second-order valence-electron chi connectivity index (χ2n) is 3.20. The molecule has 2 atom stereocenters. The maximum absolute atomic E-state index is 11.2. The molecule has 98 valence electrons. The molecule has 0 saturated carbocycles. The molecule has 0 radical (unpaired) electrons. The van der Waals surface area contributed by atoms with Gasteiger partial charge < -0.3 is 15.1 Å². The summed E-state index contributed by atoms with van der Waals surface area (Å²) in [5, 5.41) is 23.7. The van der Waals surface area contributed by atoms with Crippen molar-refractivity contribution < 1.29 is 29.2 Å². The zero-order valence-corrected chi connectivity index (χ0v) is 9.98. The van der Waals surface area contributed by atoms with Crippen LogP contribution in [0, 0.1) is 5.21 Å². The van der Waals surface area contributed by atoms with Crippen molar-refractivity contribution in [3.63, 3.8) is 0 Å². The number of carboxylic acid groups (broad SMARTS) is 1. The summed E-state index contributed by atoms with van der Waals surface area (Å²) in [4.78, 5) is 25.6. The number of hydrogen-bond donors (Lipinski definition) is 1. The summed E-state index contributed by atoms with van der Waals surface area (Å²) in [5.74, 6) is -1.77. The molecule has 17 heavy (non-hydrogen) atoms. The summed E-state index contributed by atoms with van der Waals surface area (Å²) in [7, 11) is 1.23. The zero-order chi connectivity index (χ0) is 13.6. The van der Waals surface area contributed by atoms with E-state index in [0.717, 1.165) is 5.01 Å². The average Bonchev–Trinajstić information content (AvgIpc) is 2.22. The lowest BCUT2D eigenvalue weighted by Crippen LogP contribution is -2.40. The predicted molar refractivity (Wildman–Crippen MR) is 53.2 cm³/mol. The smallest absolute Gasteiger partial charge is 0.331 e. The molecule has 0 aromatic rings. The Morgan fingerprint density at radius 1 is 1.47 bits per heavy atom. The number of aliphatic carboxylic acids is 1. The van der Waals surface area contributed by atoms with Crippen LogP contribution in [0.15, 0.2) is 5.28 Å². The number of carbonyl (C=O) groups excluding carboxylic acids is 1. The largest absolute Gasteiger partial charge is 0.569 e. The molecule has 0 aliphatic heterocycles. The van der Waals surface area contributed by atoms with Gasteiger partial charge in [0.05, 0.1) is 12.0 Å². The normalized spacial score (nSPS) is 14.7. The maximum Gasteiger partial charge on any atom is 0.331 e. The van der Waals surface area contributed by atoms with Crippen molar-refractivity contribution in [1.29, 1.82) is 0 Å². The van der Waals surface area contributed by atoms with Gasteiger partial charge in [0.1, 0.15) is 0 Å². The van der Waals surface area contributed by atoms with Crippen LogP contribution in [0.25, 0.3) is 0 Å². The standard InChI is InChI=1S/C8H15N3O6/c1-5(8(13)14)10(4)11(15)9-17-7(3)16-6(2)12/h5,7H,1-4H3,(H,13,14)/t5-,7?/m0/s1. The zero-order valence-electron chi connectivity index (χ0n) is 9.98. The van der Waals surface area contributed by atoms with Crippen molar-refractivity contribution in [2.75, 3.05) is 7.05 Å². The summed E-state index contributed by atoms with van der Waals surface area (Å²) in [6.45, 7) is 3.84. The highest BCUT2D eigenvalue weighted by Gasteiger charge is 2.23. The van der Waals surface area contributed by atoms with Crippen LogP contribution in [0.2, 0.25) is 0 Å². The van der Waals surface area contributed by atoms with Crippen molar-refractivity contribution >= 4 is 11.9 Å².